The number of carbonyl (C=O) groups excluding carboxylic acids is 4. The summed E-state index contributed by atoms with van der Waals surface area (Å²) in [6.07, 6.45) is -2.10. The van der Waals surface area contributed by atoms with Gasteiger partial charge in [-0.3, -0.25) is 14.1 Å². The molecule has 1 aliphatic rings. The van der Waals surface area contributed by atoms with Crippen molar-refractivity contribution < 1.29 is 46.5 Å². The van der Waals surface area contributed by atoms with Gasteiger partial charge in [0.2, 0.25) is 5.60 Å². The molecule has 6 N–H and O–H groups in total. The molecule has 18 heteroatoms. The van der Waals surface area contributed by atoms with Crippen molar-refractivity contribution in [3.8, 4) is 0 Å². The molecule has 2 aromatic carbocycles. The summed E-state index contributed by atoms with van der Waals surface area (Å²) in [5.41, 5.74) is 9.60. The first-order valence-corrected chi connectivity index (χ1v) is 15.3. The van der Waals surface area contributed by atoms with Gasteiger partial charge < -0.3 is 31.1 Å². The van der Waals surface area contributed by atoms with Crippen molar-refractivity contribution in [2.75, 3.05) is 12.3 Å². The number of anilines is 1. The number of nitrogens with two attached hydrogens (primary N) is 2. The number of oxime groups is 1. The van der Waals surface area contributed by atoms with Crippen LogP contribution in [0.25, 0.3) is 0 Å². The summed E-state index contributed by atoms with van der Waals surface area (Å²) in [5, 5.41) is 7.50. The summed E-state index contributed by atoms with van der Waals surface area (Å²) in [4.78, 5) is 59.9. The Morgan fingerprint density at radius 1 is 1.11 bits per heavy atom. The first-order valence-electron chi connectivity index (χ1n) is 13.0. The maximum absolute atomic E-state index is 13.4. The smallest absolute Gasteiger partial charge is 0.404 e. The molecule has 2 unspecified atom stereocenters. The predicted molar refractivity (Wildman–Crippen MR) is 159 cm³/mol. The van der Waals surface area contributed by atoms with Crippen molar-refractivity contribution in [1.82, 2.24) is 14.6 Å². The zero-order chi connectivity index (χ0) is 32.9. The highest BCUT2D eigenvalue weighted by Crippen LogP contribution is 2.29. The second kappa shape index (κ2) is 13.3. The quantitative estimate of drug-likeness (QED) is 0.0703. The summed E-state index contributed by atoms with van der Waals surface area (Å²) >= 11 is 0.948. The van der Waals surface area contributed by atoms with E-state index in [4.69, 9.17) is 21.0 Å². The van der Waals surface area contributed by atoms with Crippen LogP contribution in [0.15, 0.2) is 71.2 Å². The number of rotatable bonds is 12. The zero-order valence-electron chi connectivity index (χ0n) is 23.7. The molecule has 1 aromatic heterocycles. The molecular weight excluding hydrogens is 632 g/mol. The number of ether oxygens (including phenoxy) is 2. The molecule has 0 saturated carbocycles. The van der Waals surface area contributed by atoms with Crippen LogP contribution in [-0.4, -0.2) is 76.1 Å². The molecule has 1 fully saturated rings. The second-order valence-corrected chi connectivity index (χ2v) is 12.2. The number of hydrogen-bond donors (Lipinski definition) is 4. The Balaban J connectivity index is 1.57. The lowest BCUT2D eigenvalue weighted by Gasteiger charge is -2.43. The Hall–Kier alpha value is -5.07. The van der Waals surface area contributed by atoms with Crippen LogP contribution in [0.3, 0.4) is 0 Å². The Bertz CT molecular complexity index is 1670. The third kappa shape index (κ3) is 7.72. The molecule has 1 aliphatic heterocycles. The van der Waals surface area contributed by atoms with Gasteiger partial charge in [-0.2, -0.15) is 8.42 Å². The number of benzene rings is 2. The number of carbonyl (C=O) groups is 4. The first kappa shape index (κ1) is 32.8. The standard InChI is InChI=1S/C27H28N6O10S2/c1-27(2,24(36)42-21(15-9-5-3-6-10-15)16-11-7-4-8-12-16)43-32-19(17-14-44-25(28)30-17)22(34)31-20-18(13-41-26(29)37)33(23(20)35)45(38,39)40/h3-12,14,18,20-21H,13H2,1-2H3,(H2,28,30)(H2,29,37)(H,31,34)(H,38,39,40). The van der Waals surface area contributed by atoms with Gasteiger partial charge in [0, 0.05) is 5.38 Å². The number of primary amides is 1. The third-order valence-electron chi connectivity index (χ3n) is 6.37. The predicted octanol–water partition coefficient (Wildman–Crippen LogP) is 1.15. The molecule has 0 spiro atoms. The van der Waals surface area contributed by atoms with E-state index in [-0.39, 0.29) is 15.1 Å². The number of esters is 1. The number of nitrogens with one attached hydrogen (secondary N) is 1. The van der Waals surface area contributed by atoms with Gasteiger partial charge in [-0.1, -0.05) is 65.8 Å². The summed E-state index contributed by atoms with van der Waals surface area (Å²) in [7, 11) is -5.07. The average molecular weight is 661 g/mol. The Morgan fingerprint density at radius 3 is 2.18 bits per heavy atom. The molecular formula is C27H28N6O10S2. The second-order valence-electron chi connectivity index (χ2n) is 9.98. The van der Waals surface area contributed by atoms with Gasteiger partial charge in [0.15, 0.2) is 16.9 Å². The van der Waals surface area contributed by atoms with Crippen LogP contribution in [0.5, 0.6) is 0 Å². The van der Waals surface area contributed by atoms with Gasteiger partial charge in [0.1, 0.15) is 24.4 Å². The van der Waals surface area contributed by atoms with Crippen molar-refractivity contribution in [2.45, 2.75) is 37.6 Å². The number of thiazole rings is 1. The average Bonchev–Trinajstić information content (AvgIpc) is 3.42. The van der Waals surface area contributed by atoms with Crippen molar-refractivity contribution in [3.63, 3.8) is 0 Å². The number of β-lactam (4-membered cyclic amide) rings is 1. The Kier molecular flexibility index (Phi) is 9.69. The summed E-state index contributed by atoms with van der Waals surface area (Å²) in [6, 6.07) is 14.8. The SMILES string of the molecule is CC(C)(ON=C(C(=O)NC1C(=O)N(S(=O)(=O)O)C1COC(N)=O)c1csc(N)n1)C(=O)OC(c1ccccc1)c1ccccc1. The minimum absolute atomic E-state index is 0.0179. The van der Waals surface area contributed by atoms with Crippen LogP contribution in [0, 0.1) is 0 Å². The highest BCUT2D eigenvalue weighted by molar-refractivity contribution is 7.84. The van der Waals surface area contributed by atoms with Crippen LogP contribution in [0.1, 0.15) is 36.8 Å². The highest BCUT2D eigenvalue weighted by Gasteiger charge is 2.55. The van der Waals surface area contributed by atoms with Crippen LogP contribution in [0.4, 0.5) is 9.93 Å². The van der Waals surface area contributed by atoms with Gasteiger partial charge in [0.25, 0.3) is 11.8 Å². The topological polar surface area (TPSA) is 243 Å². The van der Waals surface area contributed by atoms with Gasteiger partial charge in [-0.15, -0.1) is 11.3 Å². The fourth-order valence-electron chi connectivity index (χ4n) is 4.13. The molecule has 0 aliphatic carbocycles. The van der Waals surface area contributed by atoms with Crippen molar-refractivity contribution >= 4 is 56.4 Å². The van der Waals surface area contributed by atoms with E-state index in [1.165, 1.54) is 19.2 Å². The number of hydrogen-bond acceptors (Lipinski definition) is 13. The molecule has 0 bridgehead atoms. The van der Waals surface area contributed by atoms with Crippen molar-refractivity contribution in [3.05, 3.63) is 82.9 Å². The molecule has 3 aromatic rings. The maximum atomic E-state index is 13.4. The molecule has 1 saturated heterocycles. The molecule has 4 rings (SSSR count). The molecule has 45 heavy (non-hydrogen) atoms. The Labute approximate surface area is 260 Å². The monoisotopic (exact) mass is 660 g/mol. The minimum atomic E-state index is -5.07. The molecule has 0 radical (unpaired) electrons. The van der Waals surface area contributed by atoms with Crippen molar-refractivity contribution in [2.24, 2.45) is 10.9 Å². The van der Waals surface area contributed by atoms with Gasteiger partial charge >= 0.3 is 22.4 Å². The zero-order valence-corrected chi connectivity index (χ0v) is 25.4. The molecule has 3 amide bonds. The van der Waals surface area contributed by atoms with E-state index in [9.17, 15) is 32.1 Å². The summed E-state index contributed by atoms with van der Waals surface area (Å²) < 4.78 is 43.2. The third-order valence-corrected chi connectivity index (χ3v) is 7.99. The van der Waals surface area contributed by atoms with E-state index in [2.05, 4.69) is 20.2 Å². The van der Waals surface area contributed by atoms with Gasteiger partial charge in [-0.25, -0.2) is 18.9 Å². The number of nitrogens with zero attached hydrogens (tertiary/aromatic N) is 3. The minimum Gasteiger partial charge on any atom is -0.450 e. The van der Waals surface area contributed by atoms with E-state index in [1.807, 2.05) is 12.1 Å². The van der Waals surface area contributed by atoms with Crippen LogP contribution in [-0.2, 0) is 39.0 Å². The Morgan fingerprint density at radius 2 is 1.69 bits per heavy atom. The lowest BCUT2D eigenvalue weighted by molar-refractivity contribution is -0.172. The van der Waals surface area contributed by atoms with E-state index in [0.29, 0.717) is 11.1 Å². The lowest BCUT2D eigenvalue weighted by Crippen LogP contribution is -2.73. The summed E-state index contributed by atoms with van der Waals surface area (Å²) in [6.45, 7) is 1.93. The fourth-order valence-corrected chi connectivity index (χ4v) is 5.55. The summed E-state index contributed by atoms with van der Waals surface area (Å²) in [5.74, 6) is -3.18. The first-order chi connectivity index (χ1) is 21.2. The van der Waals surface area contributed by atoms with Crippen LogP contribution in [0.2, 0.25) is 0 Å². The van der Waals surface area contributed by atoms with Crippen LogP contribution >= 0.6 is 11.3 Å². The number of aromatic nitrogens is 1. The maximum Gasteiger partial charge on any atom is 0.404 e. The number of amides is 3. The molecule has 2 atom stereocenters. The van der Waals surface area contributed by atoms with E-state index < -0.39 is 70.3 Å². The van der Waals surface area contributed by atoms with Crippen LogP contribution < -0.4 is 16.8 Å². The van der Waals surface area contributed by atoms with Crippen molar-refractivity contribution in [1.29, 1.82) is 0 Å². The largest absolute Gasteiger partial charge is 0.450 e. The molecule has 238 valence electrons. The molecule has 2 heterocycles. The van der Waals surface area contributed by atoms with E-state index in [1.54, 1.807) is 48.5 Å². The highest BCUT2D eigenvalue weighted by atomic mass is 32.2. The lowest BCUT2D eigenvalue weighted by atomic mass is 9.99. The van der Waals surface area contributed by atoms with E-state index >= 15 is 0 Å². The van der Waals surface area contributed by atoms with Gasteiger partial charge in [0.05, 0.1) is 0 Å². The normalized spacial score (nSPS) is 16.9. The fraction of sp³-hybridized carbons (Fsp3) is 0.259. The number of nitrogen functional groups attached to an aromatic ring is 1. The molecule has 16 nitrogen and oxygen atoms in total. The van der Waals surface area contributed by atoms with Gasteiger partial charge in [-0.05, 0) is 25.0 Å². The van der Waals surface area contributed by atoms with E-state index in [0.717, 1.165) is 11.3 Å².